The van der Waals surface area contributed by atoms with Gasteiger partial charge < -0.3 is 10.1 Å². The highest BCUT2D eigenvalue weighted by Crippen LogP contribution is 2.32. The van der Waals surface area contributed by atoms with Crippen molar-refractivity contribution in [1.82, 2.24) is 5.32 Å². The van der Waals surface area contributed by atoms with Crippen LogP contribution in [0.2, 0.25) is 0 Å². The van der Waals surface area contributed by atoms with Crippen molar-refractivity contribution in [2.45, 2.75) is 51.2 Å². The molecule has 76 valence electrons. The number of ether oxygens (including phenoxy) is 1. The highest BCUT2D eigenvalue weighted by molar-refractivity contribution is 4.86. The Kier molecular flexibility index (Phi) is 3.23. The molecule has 0 aromatic rings. The number of rotatable bonds is 6. The summed E-state index contributed by atoms with van der Waals surface area (Å²) in [6.07, 6.45) is 7.39. The van der Waals surface area contributed by atoms with E-state index in [2.05, 4.69) is 12.2 Å². The van der Waals surface area contributed by atoms with Gasteiger partial charge in [0.1, 0.15) is 0 Å². The van der Waals surface area contributed by atoms with Gasteiger partial charge in [0.2, 0.25) is 0 Å². The first-order valence-electron chi connectivity index (χ1n) is 5.73. The molecule has 2 nitrogen and oxygen atoms in total. The molecule has 2 fully saturated rings. The lowest BCUT2D eigenvalue weighted by Crippen LogP contribution is -2.45. The number of hydrogen-bond acceptors (Lipinski definition) is 2. The maximum absolute atomic E-state index is 5.51. The maximum atomic E-state index is 5.51. The SMILES string of the molecule is CCOC1CC(NCCC2CC2)C1. The van der Waals surface area contributed by atoms with Crippen molar-refractivity contribution in [2.24, 2.45) is 5.92 Å². The van der Waals surface area contributed by atoms with Crippen molar-refractivity contribution < 1.29 is 4.74 Å². The summed E-state index contributed by atoms with van der Waals surface area (Å²) in [5.74, 6) is 1.07. The average Bonchev–Trinajstić information content (AvgIpc) is 2.83. The van der Waals surface area contributed by atoms with E-state index in [0.29, 0.717) is 6.10 Å². The van der Waals surface area contributed by atoms with E-state index in [0.717, 1.165) is 18.6 Å². The van der Waals surface area contributed by atoms with Crippen LogP contribution in [0.4, 0.5) is 0 Å². The fourth-order valence-corrected chi connectivity index (χ4v) is 2.00. The quantitative estimate of drug-likeness (QED) is 0.679. The van der Waals surface area contributed by atoms with Crippen LogP contribution in [-0.4, -0.2) is 25.3 Å². The molecule has 0 spiro atoms. The third-order valence-electron chi connectivity index (χ3n) is 3.18. The maximum Gasteiger partial charge on any atom is 0.0604 e. The summed E-state index contributed by atoms with van der Waals surface area (Å²) in [5, 5.41) is 3.60. The molecule has 2 aliphatic carbocycles. The minimum atomic E-state index is 0.559. The highest BCUT2D eigenvalue weighted by Gasteiger charge is 2.29. The number of hydrogen-bond donors (Lipinski definition) is 1. The van der Waals surface area contributed by atoms with Gasteiger partial charge in [0.05, 0.1) is 6.10 Å². The summed E-state index contributed by atoms with van der Waals surface area (Å²) in [7, 11) is 0. The first kappa shape index (κ1) is 9.47. The highest BCUT2D eigenvalue weighted by atomic mass is 16.5. The zero-order valence-electron chi connectivity index (χ0n) is 8.59. The van der Waals surface area contributed by atoms with Crippen LogP contribution < -0.4 is 5.32 Å². The molecule has 0 aromatic carbocycles. The standard InChI is InChI=1S/C11H21NO/c1-2-13-11-7-10(8-11)12-6-5-9-3-4-9/h9-12H,2-8H2,1H3. The third kappa shape index (κ3) is 2.96. The van der Waals surface area contributed by atoms with E-state index in [1.807, 2.05) is 0 Å². The molecule has 2 saturated carbocycles. The van der Waals surface area contributed by atoms with Gasteiger partial charge in [0.25, 0.3) is 0 Å². The predicted octanol–water partition coefficient (Wildman–Crippen LogP) is 1.94. The Morgan fingerprint density at radius 2 is 2.08 bits per heavy atom. The molecule has 2 rings (SSSR count). The van der Waals surface area contributed by atoms with Crippen molar-refractivity contribution in [3.8, 4) is 0 Å². The van der Waals surface area contributed by atoms with Gasteiger partial charge in [-0.1, -0.05) is 12.8 Å². The molecule has 0 atom stereocenters. The summed E-state index contributed by atoms with van der Waals surface area (Å²) in [6.45, 7) is 4.18. The Hall–Kier alpha value is -0.0800. The van der Waals surface area contributed by atoms with Crippen LogP contribution in [0.25, 0.3) is 0 Å². The Bertz CT molecular complexity index is 150. The van der Waals surface area contributed by atoms with Crippen LogP contribution >= 0.6 is 0 Å². The predicted molar refractivity (Wildman–Crippen MR) is 53.8 cm³/mol. The topological polar surface area (TPSA) is 21.3 Å². The summed E-state index contributed by atoms with van der Waals surface area (Å²) in [4.78, 5) is 0. The van der Waals surface area contributed by atoms with Crippen molar-refractivity contribution in [1.29, 1.82) is 0 Å². The molecule has 13 heavy (non-hydrogen) atoms. The molecule has 2 heteroatoms. The minimum Gasteiger partial charge on any atom is -0.378 e. The first-order valence-corrected chi connectivity index (χ1v) is 5.73. The molecule has 2 aliphatic rings. The van der Waals surface area contributed by atoms with E-state index < -0.39 is 0 Å². The lowest BCUT2D eigenvalue weighted by atomic mass is 9.89. The van der Waals surface area contributed by atoms with Crippen LogP contribution in [0, 0.1) is 5.92 Å². The summed E-state index contributed by atoms with van der Waals surface area (Å²) in [6, 6.07) is 0.760. The van der Waals surface area contributed by atoms with E-state index in [1.54, 1.807) is 0 Å². The van der Waals surface area contributed by atoms with E-state index in [9.17, 15) is 0 Å². The van der Waals surface area contributed by atoms with Gasteiger partial charge in [-0.25, -0.2) is 0 Å². The van der Waals surface area contributed by atoms with E-state index >= 15 is 0 Å². The molecule has 0 heterocycles. The van der Waals surface area contributed by atoms with Crippen molar-refractivity contribution in [3.05, 3.63) is 0 Å². The zero-order valence-corrected chi connectivity index (χ0v) is 8.59. The van der Waals surface area contributed by atoms with Gasteiger partial charge in [-0.3, -0.25) is 0 Å². The molecule has 0 aliphatic heterocycles. The lowest BCUT2D eigenvalue weighted by Gasteiger charge is -2.35. The van der Waals surface area contributed by atoms with Crippen LogP contribution in [0.15, 0.2) is 0 Å². The summed E-state index contributed by atoms with van der Waals surface area (Å²) in [5.41, 5.74) is 0. The summed E-state index contributed by atoms with van der Waals surface area (Å²) >= 11 is 0. The molecular formula is C11H21NO. The van der Waals surface area contributed by atoms with Gasteiger partial charge in [0.15, 0.2) is 0 Å². The second kappa shape index (κ2) is 4.43. The van der Waals surface area contributed by atoms with Crippen molar-refractivity contribution in [3.63, 3.8) is 0 Å². The fraction of sp³-hybridized carbons (Fsp3) is 1.00. The van der Waals surface area contributed by atoms with Gasteiger partial charge in [0, 0.05) is 12.6 Å². The fourth-order valence-electron chi connectivity index (χ4n) is 2.00. The lowest BCUT2D eigenvalue weighted by molar-refractivity contribution is -0.00979. The molecule has 0 saturated heterocycles. The molecular weight excluding hydrogens is 162 g/mol. The Balaban J connectivity index is 1.44. The Labute approximate surface area is 81.0 Å². The zero-order chi connectivity index (χ0) is 9.10. The second-order valence-electron chi connectivity index (χ2n) is 4.43. The van der Waals surface area contributed by atoms with Gasteiger partial charge in [-0.15, -0.1) is 0 Å². The van der Waals surface area contributed by atoms with Gasteiger partial charge >= 0.3 is 0 Å². The van der Waals surface area contributed by atoms with Crippen LogP contribution in [0.1, 0.15) is 39.0 Å². The smallest absolute Gasteiger partial charge is 0.0604 e. The normalized spacial score (nSPS) is 33.0. The first-order chi connectivity index (χ1) is 6.38. The summed E-state index contributed by atoms with van der Waals surface area (Å²) < 4.78 is 5.51. The Morgan fingerprint density at radius 1 is 1.31 bits per heavy atom. The van der Waals surface area contributed by atoms with Crippen LogP contribution in [-0.2, 0) is 4.74 Å². The van der Waals surface area contributed by atoms with E-state index in [4.69, 9.17) is 4.74 Å². The second-order valence-corrected chi connectivity index (χ2v) is 4.43. The van der Waals surface area contributed by atoms with E-state index in [1.165, 1.54) is 38.6 Å². The monoisotopic (exact) mass is 183 g/mol. The number of nitrogens with one attached hydrogen (secondary N) is 1. The molecule has 1 N–H and O–H groups in total. The van der Waals surface area contributed by atoms with Crippen molar-refractivity contribution in [2.75, 3.05) is 13.2 Å². The average molecular weight is 183 g/mol. The van der Waals surface area contributed by atoms with Gasteiger partial charge in [-0.05, 0) is 38.6 Å². The van der Waals surface area contributed by atoms with E-state index in [-0.39, 0.29) is 0 Å². The van der Waals surface area contributed by atoms with Crippen LogP contribution in [0.5, 0.6) is 0 Å². The molecule has 0 aromatic heterocycles. The third-order valence-corrected chi connectivity index (χ3v) is 3.18. The molecule has 0 bridgehead atoms. The van der Waals surface area contributed by atoms with Gasteiger partial charge in [-0.2, -0.15) is 0 Å². The molecule has 0 unspecified atom stereocenters. The largest absolute Gasteiger partial charge is 0.378 e. The van der Waals surface area contributed by atoms with Crippen LogP contribution in [0.3, 0.4) is 0 Å². The molecule has 0 amide bonds. The molecule has 0 radical (unpaired) electrons. The minimum absolute atomic E-state index is 0.559. The van der Waals surface area contributed by atoms with Crippen molar-refractivity contribution >= 4 is 0 Å². The Morgan fingerprint density at radius 3 is 2.69 bits per heavy atom.